The number of fused-ring (bicyclic) bond motifs is 1. The van der Waals surface area contributed by atoms with Crippen LogP contribution in [0, 0.1) is 0 Å². The van der Waals surface area contributed by atoms with Crippen LogP contribution in [0.25, 0.3) is 10.9 Å². The minimum atomic E-state index is 0.0660. The Hall–Kier alpha value is -2.63. The van der Waals surface area contributed by atoms with Crippen molar-refractivity contribution < 1.29 is 4.79 Å². The Morgan fingerprint density at radius 3 is 2.92 bits per heavy atom. The molecule has 2 aromatic heterocycles. The van der Waals surface area contributed by atoms with Gasteiger partial charge in [-0.1, -0.05) is 23.4 Å². The van der Waals surface area contributed by atoms with Crippen LogP contribution in [0.3, 0.4) is 0 Å². The summed E-state index contributed by atoms with van der Waals surface area (Å²) in [6.45, 7) is 1.46. The third kappa shape index (κ3) is 2.29. The average Bonchev–Trinajstić information content (AvgIpc) is 3.07. The zero-order valence-electron chi connectivity index (χ0n) is 13.4. The van der Waals surface area contributed by atoms with E-state index < -0.39 is 0 Å². The maximum atomic E-state index is 12.8. The molecule has 1 N–H and O–H groups in total. The summed E-state index contributed by atoms with van der Waals surface area (Å²) in [5.41, 5.74) is 2.77. The summed E-state index contributed by atoms with van der Waals surface area (Å²) in [6.07, 6.45) is 5.46. The van der Waals surface area contributed by atoms with Crippen molar-refractivity contribution in [3.8, 4) is 0 Å². The maximum Gasteiger partial charge on any atom is 0.270 e. The highest BCUT2D eigenvalue weighted by Crippen LogP contribution is 2.39. The fourth-order valence-electron chi connectivity index (χ4n) is 3.54. The standard InChI is InChI=1S/C18H19N5O/c24-18(16-9-13-3-1-2-4-15(13)19-16)22-8-7-14(10-22)23-11-17(20-21-23)12-5-6-12/h1-4,9,11-12,14,19H,5-8,10H2/t14-/m1/s1. The fourth-order valence-corrected chi connectivity index (χ4v) is 3.54. The number of likely N-dealkylation sites (tertiary alicyclic amines) is 1. The summed E-state index contributed by atoms with van der Waals surface area (Å²) in [6, 6.07) is 10.1. The largest absolute Gasteiger partial charge is 0.351 e. The van der Waals surface area contributed by atoms with Crippen LogP contribution in [-0.2, 0) is 0 Å². The Kier molecular flexibility index (Phi) is 2.98. The van der Waals surface area contributed by atoms with Crippen molar-refractivity contribution in [2.24, 2.45) is 0 Å². The van der Waals surface area contributed by atoms with Crippen molar-refractivity contribution in [1.82, 2.24) is 24.9 Å². The molecule has 3 heterocycles. The van der Waals surface area contributed by atoms with Gasteiger partial charge in [0.15, 0.2) is 0 Å². The van der Waals surface area contributed by atoms with Gasteiger partial charge in [0.1, 0.15) is 5.69 Å². The number of para-hydroxylation sites is 1. The van der Waals surface area contributed by atoms with E-state index in [1.807, 2.05) is 39.9 Å². The number of benzene rings is 1. The van der Waals surface area contributed by atoms with Crippen LogP contribution in [0.5, 0.6) is 0 Å². The highest BCUT2D eigenvalue weighted by Gasteiger charge is 2.31. The minimum Gasteiger partial charge on any atom is -0.351 e. The Morgan fingerprint density at radius 2 is 2.08 bits per heavy atom. The number of aromatic amines is 1. The van der Waals surface area contributed by atoms with Gasteiger partial charge in [0.05, 0.1) is 11.7 Å². The molecule has 1 saturated heterocycles. The van der Waals surface area contributed by atoms with Gasteiger partial charge in [-0.15, -0.1) is 5.10 Å². The fraction of sp³-hybridized carbons (Fsp3) is 0.389. The molecule has 1 saturated carbocycles. The first-order chi connectivity index (χ1) is 11.8. The van der Waals surface area contributed by atoms with E-state index in [1.165, 1.54) is 12.8 Å². The summed E-state index contributed by atoms with van der Waals surface area (Å²) >= 11 is 0. The molecule has 6 nitrogen and oxygen atoms in total. The summed E-state index contributed by atoms with van der Waals surface area (Å²) in [5, 5.41) is 9.64. The molecule has 1 aliphatic carbocycles. The van der Waals surface area contributed by atoms with Crippen LogP contribution < -0.4 is 0 Å². The second-order valence-corrected chi connectivity index (χ2v) is 6.86. The number of hydrogen-bond acceptors (Lipinski definition) is 3. The Labute approximate surface area is 139 Å². The van der Waals surface area contributed by atoms with Crippen LogP contribution >= 0.6 is 0 Å². The third-order valence-corrected chi connectivity index (χ3v) is 5.11. The highest BCUT2D eigenvalue weighted by molar-refractivity contribution is 5.98. The molecule has 0 spiro atoms. The Morgan fingerprint density at radius 1 is 1.21 bits per heavy atom. The summed E-state index contributed by atoms with van der Waals surface area (Å²) in [4.78, 5) is 17.9. The third-order valence-electron chi connectivity index (χ3n) is 5.11. The van der Waals surface area contributed by atoms with Crippen LogP contribution in [-0.4, -0.2) is 43.9 Å². The van der Waals surface area contributed by atoms with E-state index in [0.717, 1.165) is 29.6 Å². The Bertz CT molecular complexity index is 874. The molecule has 24 heavy (non-hydrogen) atoms. The molecular weight excluding hydrogens is 302 g/mol. The van der Waals surface area contributed by atoms with E-state index in [9.17, 15) is 4.79 Å². The lowest BCUT2D eigenvalue weighted by molar-refractivity contribution is 0.0782. The SMILES string of the molecule is O=C(c1cc2ccccc2[nH]1)N1CC[C@@H](n2cc(C3CC3)nn2)C1. The molecule has 6 heteroatoms. The first-order valence-electron chi connectivity index (χ1n) is 8.57. The van der Waals surface area contributed by atoms with Gasteiger partial charge in [-0.25, -0.2) is 4.68 Å². The second-order valence-electron chi connectivity index (χ2n) is 6.86. The highest BCUT2D eigenvalue weighted by atomic mass is 16.2. The van der Waals surface area contributed by atoms with Gasteiger partial charge in [-0.2, -0.15) is 0 Å². The van der Waals surface area contributed by atoms with Gasteiger partial charge in [0, 0.05) is 36.1 Å². The minimum absolute atomic E-state index is 0.0660. The van der Waals surface area contributed by atoms with Crippen molar-refractivity contribution in [2.45, 2.75) is 31.2 Å². The van der Waals surface area contributed by atoms with Gasteiger partial charge in [0.25, 0.3) is 5.91 Å². The number of carbonyl (C=O) groups excluding carboxylic acids is 1. The van der Waals surface area contributed by atoms with E-state index in [1.54, 1.807) is 0 Å². The van der Waals surface area contributed by atoms with Crippen molar-refractivity contribution in [3.05, 3.63) is 47.9 Å². The van der Waals surface area contributed by atoms with Crippen LogP contribution in [0.1, 0.15) is 47.4 Å². The number of hydrogen-bond donors (Lipinski definition) is 1. The molecule has 2 fully saturated rings. The molecule has 0 radical (unpaired) electrons. The van der Waals surface area contributed by atoms with Gasteiger partial charge < -0.3 is 9.88 Å². The zero-order chi connectivity index (χ0) is 16.1. The number of nitrogens with one attached hydrogen (secondary N) is 1. The number of nitrogens with zero attached hydrogens (tertiary/aromatic N) is 4. The molecule has 3 aromatic rings. The van der Waals surface area contributed by atoms with Crippen LogP contribution in [0.4, 0.5) is 0 Å². The number of carbonyl (C=O) groups is 1. The topological polar surface area (TPSA) is 66.8 Å². The first-order valence-corrected chi connectivity index (χ1v) is 8.57. The number of amides is 1. The summed E-state index contributed by atoms with van der Waals surface area (Å²) in [7, 11) is 0. The number of H-pyrrole nitrogens is 1. The van der Waals surface area contributed by atoms with Crippen LogP contribution in [0.2, 0.25) is 0 Å². The number of aromatic nitrogens is 4. The van der Waals surface area contributed by atoms with E-state index in [0.29, 0.717) is 18.2 Å². The molecule has 1 aromatic carbocycles. The smallest absolute Gasteiger partial charge is 0.270 e. The van der Waals surface area contributed by atoms with E-state index >= 15 is 0 Å². The average molecular weight is 321 g/mol. The maximum absolute atomic E-state index is 12.8. The van der Waals surface area contributed by atoms with Crippen molar-refractivity contribution in [1.29, 1.82) is 0 Å². The van der Waals surface area contributed by atoms with E-state index in [4.69, 9.17) is 0 Å². The van der Waals surface area contributed by atoms with Crippen LogP contribution in [0.15, 0.2) is 36.5 Å². The van der Waals surface area contributed by atoms with Gasteiger partial charge in [0.2, 0.25) is 0 Å². The molecule has 5 rings (SSSR count). The quantitative estimate of drug-likeness (QED) is 0.806. The molecule has 2 aliphatic rings. The summed E-state index contributed by atoms with van der Waals surface area (Å²) < 4.78 is 1.95. The zero-order valence-corrected chi connectivity index (χ0v) is 13.4. The lowest BCUT2D eigenvalue weighted by Crippen LogP contribution is -2.29. The van der Waals surface area contributed by atoms with E-state index in [-0.39, 0.29) is 11.9 Å². The monoisotopic (exact) mass is 321 g/mol. The predicted octanol–water partition coefficient (Wildman–Crippen LogP) is 2.72. The molecule has 1 aliphatic heterocycles. The first kappa shape index (κ1) is 13.8. The number of rotatable bonds is 3. The van der Waals surface area contributed by atoms with Crippen molar-refractivity contribution in [2.75, 3.05) is 13.1 Å². The molecule has 122 valence electrons. The molecule has 0 unspecified atom stereocenters. The van der Waals surface area contributed by atoms with E-state index in [2.05, 4.69) is 21.5 Å². The lowest BCUT2D eigenvalue weighted by atomic mass is 10.2. The predicted molar refractivity (Wildman–Crippen MR) is 89.9 cm³/mol. The van der Waals surface area contributed by atoms with Crippen molar-refractivity contribution >= 4 is 16.8 Å². The summed E-state index contributed by atoms with van der Waals surface area (Å²) in [5.74, 6) is 0.681. The molecule has 0 bridgehead atoms. The molecule has 1 amide bonds. The second kappa shape index (κ2) is 5.19. The van der Waals surface area contributed by atoms with Gasteiger partial charge >= 0.3 is 0 Å². The Balaban J connectivity index is 1.33. The normalized spacial score (nSPS) is 20.8. The van der Waals surface area contributed by atoms with Gasteiger partial charge in [-0.3, -0.25) is 4.79 Å². The van der Waals surface area contributed by atoms with Crippen molar-refractivity contribution in [3.63, 3.8) is 0 Å². The molecule has 1 atom stereocenters. The lowest BCUT2D eigenvalue weighted by Gasteiger charge is -2.15. The molecular formula is C18H19N5O. The van der Waals surface area contributed by atoms with Gasteiger partial charge in [-0.05, 0) is 31.4 Å².